The zero-order chi connectivity index (χ0) is 29.9. The van der Waals surface area contributed by atoms with Gasteiger partial charge >= 0.3 is 0 Å². The number of nitrogens with zero attached hydrogens (tertiary/aromatic N) is 4. The first-order valence-corrected chi connectivity index (χ1v) is 14.0. The largest absolute Gasteiger partial charge is 0.497 e. The number of hydrogen-bond donors (Lipinski definition) is 1. The molecule has 0 radical (unpaired) electrons. The van der Waals surface area contributed by atoms with Crippen molar-refractivity contribution >= 4 is 34.3 Å². The predicted molar refractivity (Wildman–Crippen MR) is 155 cm³/mol. The number of carbonyl (C=O) groups is 3. The summed E-state index contributed by atoms with van der Waals surface area (Å²) >= 11 is 0. The number of aromatic nitrogens is 3. The number of nitrogens with one attached hydrogen (secondary N) is 1. The van der Waals surface area contributed by atoms with Gasteiger partial charge in [-0.25, -0.2) is 4.68 Å². The SMILES string of the molecule is COc1cccc([C@@H](C(=O)NC[C@H]2CCCO2)N(C(=O)Cn2nnc3ccccc32)c2cc3c(cc2C(C)=O)OCO3)c1. The van der Waals surface area contributed by atoms with Crippen LogP contribution in [0.2, 0.25) is 0 Å². The number of para-hydroxylation sites is 1. The highest BCUT2D eigenvalue weighted by molar-refractivity contribution is 6.08. The van der Waals surface area contributed by atoms with Gasteiger partial charge in [0.15, 0.2) is 17.3 Å². The molecule has 43 heavy (non-hydrogen) atoms. The van der Waals surface area contributed by atoms with Crippen molar-refractivity contribution in [3.63, 3.8) is 0 Å². The molecule has 0 aliphatic carbocycles. The molecule has 2 amide bonds. The van der Waals surface area contributed by atoms with Crippen LogP contribution in [-0.4, -0.2) is 65.7 Å². The molecule has 0 spiro atoms. The van der Waals surface area contributed by atoms with E-state index in [1.165, 1.54) is 29.7 Å². The number of benzene rings is 3. The van der Waals surface area contributed by atoms with Gasteiger partial charge in [0.05, 0.1) is 24.4 Å². The molecule has 2 aliphatic rings. The van der Waals surface area contributed by atoms with Crippen LogP contribution in [0.25, 0.3) is 11.0 Å². The van der Waals surface area contributed by atoms with Gasteiger partial charge in [-0.05, 0) is 55.7 Å². The Kier molecular flexibility index (Phi) is 7.93. The Bertz CT molecular complexity index is 1680. The number of fused-ring (bicyclic) bond motifs is 2. The fraction of sp³-hybridized carbons (Fsp3) is 0.323. The zero-order valence-electron chi connectivity index (χ0n) is 23.8. The first kappa shape index (κ1) is 28.2. The van der Waals surface area contributed by atoms with Crippen LogP contribution in [0.5, 0.6) is 17.2 Å². The lowest BCUT2D eigenvalue weighted by Gasteiger charge is -2.33. The fourth-order valence-corrected chi connectivity index (χ4v) is 5.41. The highest BCUT2D eigenvalue weighted by Gasteiger charge is 2.37. The van der Waals surface area contributed by atoms with Gasteiger partial charge in [-0.2, -0.15) is 0 Å². The van der Waals surface area contributed by atoms with Crippen LogP contribution in [0.15, 0.2) is 60.7 Å². The van der Waals surface area contributed by atoms with Gasteiger partial charge in [0, 0.05) is 24.8 Å². The molecule has 0 saturated carbocycles. The number of ether oxygens (including phenoxy) is 4. The van der Waals surface area contributed by atoms with Crippen LogP contribution in [0.4, 0.5) is 5.69 Å². The summed E-state index contributed by atoms with van der Waals surface area (Å²) in [4.78, 5) is 43.0. The summed E-state index contributed by atoms with van der Waals surface area (Å²) < 4.78 is 23.8. The number of hydrogen-bond acceptors (Lipinski definition) is 9. The van der Waals surface area contributed by atoms with E-state index in [9.17, 15) is 14.4 Å². The summed E-state index contributed by atoms with van der Waals surface area (Å²) in [6.07, 6.45) is 1.61. The first-order valence-electron chi connectivity index (χ1n) is 14.0. The summed E-state index contributed by atoms with van der Waals surface area (Å²) in [7, 11) is 1.52. The van der Waals surface area contributed by atoms with Crippen LogP contribution in [0.3, 0.4) is 0 Å². The molecule has 3 heterocycles. The molecule has 1 fully saturated rings. The van der Waals surface area contributed by atoms with Crippen molar-refractivity contribution in [2.24, 2.45) is 0 Å². The molecule has 0 bridgehead atoms. The molecule has 0 unspecified atom stereocenters. The van der Waals surface area contributed by atoms with Gasteiger partial charge in [-0.15, -0.1) is 5.10 Å². The lowest BCUT2D eigenvalue weighted by Crippen LogP contribution is -2.47. The molecule has 2 atom stereocenters. The summed E-state index contributed by atoms with van der Waals surface area (Å²) in [5, 5.41) is 11.3. The number of methoxy groups -OCH3 is 1. The Morgan fingerprint density at radius 1 is 1.09 bits per heavy atom. The Balaban J connectivity index is 1.49. The van der Waals surface area contributed by atoms with E-state index in [0.29, 0.717) is 40.5 Å². The molecule has 2 aliphatic heterocycles. The normalized spacial score (nSPS) is 16.2. The minimum atomic E-state index is -1.20. The zero-order valence-corrected chi connectivity index (χ0v) is 23.8. The van der Waals surface area contributed by atoms with Crippen LogP contribution in [-0.2, 0) is 20.9 Å². The molecule has 1 N–H and O–H groups in total. The molecule has 222 valence electrons. The number of Topliss-reactive ketones (excluding diaryl/α,β-unsaturated/α-hetero) is 1. The van der Waals surface area contributed by atoms with E-state index in [2.05, 4.69) is 15.6 Å². The summed E-state index contributed by atoms with van der Waals surface area (Å²) in [5.41, 5.74) is 2.14. The summed E-state index contributed by atoms with van der Waals surface area (Å²) in [6, 6.07) is 16.1. The van der Waals surface area contributed by atoms with Crippen molar-refractivity contribution in [3.8, 4) is 17.2 Å². The molecule has 3 aromatic carbocycles. The molecule has 12 heteroatoms. The molecule has 1 aromatic heterocycles. The summed E-state index contributed by atoms with van der Waals surface area (Å²) in [6.45, 7) is 2.01. The van der Waals surface area contributed by atoms with Crippen LogP contribution < -0.4 is 24.4 Å². The lowest BCUT2D eigenvalue weighted by atomic mass is 9.99. The van der Waals surface area contributed by atoms with Crippen LogP contribution in [0, 0.1) is 0 Å². The van der Waals surface area contributed by atoms with Crippen molar-refractivity contribution in [2.75, 3.05) is 32.0 Å². The Morgan fingerprint density at radius 2 is 1.91 bits per heavy atom. The maximum absolute atomic E-state index is 14.5. The smallest absolute Gasteiger partial charge is 0.249 e. The number of carbonyl (C=O) groups excluding carboxylic acids is 3. The third-order valence-corrected chi connectivity index (χ3v) is 7.55. The van der Waals surface area contributed by atoms with Gasteiger partial charge in [0.2, 0.25) is 18.6 Å². The van der Waals surface area contributed by atoms with E-state index >= 15 is 0 Å². The maximum atomic E-state index is 14.5. The molecule has 4 aromatic rings. The number of rotatable bonds is 10. The number of ketones is 1. The van der Waals surface area contributed by atoms with E-state index in [4.69, 9.17) is 18.9 Å². The van der Waals surface area contributed by atoms with Crippen LogP contribution >= 0.6 is 0 Å². The molecule has 12 nitrogen and oxygen atoms in total. The quantitative estimate of drug-likeness (QED) is 0.278. The molecule has 1 saturated heterocycles. The summed E-state index contributed by atoms with van der Waals surface area (Å²) in [5.74, 6) is -0.0367. The minimum Gasteiger partial charge on any atom is -0.497 e. The van der Waals surface area contributed by atoms with E-state index in [-0.39, 0.29) is 43.0 Å². The average molecular weight is 586 g/mol. The van der Waals surface area contributed by atoms with Gasteiger partial charge in [-0.3, -0.25) is 19.3 Å². The highest BCUT2D eigenvalue weighted by atomic mass is 16.7. The second kappa shape index (κ2) is 12.1. The topological polar surface area (TPSA) is 134 Å². The standard InChI is InChI=1S/C31H31N5O7/c1-19(37)23-14-27-28(43-18-42-27)15-26(23)36(29(38)17-35-25-11-4-3-10-24(25)33-34-35)30(20-7-5-8-21(13-20)40-2)31(39)32-16-22-9-6-12-41-22/h3-5,7-8,10-11,13-15,22,30H,6,9,12,16-18H2,1-2H3,(H,32,39)/t22-,30+/m1/s1. The second-order valence-corrected chi connectivity index (χ2v) is 10.3. The second-order valence-electron chi connectivity index (χ2n) is 10.3. The van der Waals surface area contributed by atoms with Gasteiger partial charge in [0.1, 0.15) is 23.9 Å². The fourth-order valence-electron chi connectivity index (χ4n) is 5.41. The Labute approximate surface area is 247 Å². The van der Waals surface area contributed by atoms with Gasteiger partial charge < -0.3 is 24.3 Å². The lowest BCUT2D eigenvalue weighted by molar-refractivity contribution is -0.127. The van der Waals surface area contributed by atoms with Crippen molar-refractivity contribution in [2.45, 2.75) is 38.5 Å². The first-order chi connectivity index (χ1) is 20.9. The highest BCUT2D eigenvalue weighted by Crippen LogP contribution is 2.41. The predicted octanol–water partition coefficient (Wildman–Crippen LogP) is 3.44. The molecular formula is C31H31N5O7. The van der Waals surface area contributed by atoms with E-state index in [0.717, 1.165) is 12.8 Å². The Hall–Kier alpha value is -4.97. The number of anilines is 1. The third kappa shape index (κ3) is 5.73. The van der Waals surface area contributed by atoms with E-state index in [1.807, 2.05) is 18.2 Å². The van der Waals surface area contributed by atoms with E-state index in [1.54, 1.807) is 36.4 Å². The third-order valence-electron chi connectivity index (χ3n) is 7.55. The van der Waals surface area contributed by atoms with Gasteiger partial charge in [-0.1, -0.05) is 29.5 Å². The molecular weight excluding hydrogens is 554 g/mol. The van der Waals surface area contributed by atoms with E-state index < -0.39 is 17.9 Å². The van der Waals surface area contributed by atoms with Crippen molar-refractivity contribution < 1.29 is 33.3 Å². The maximum Gasteiger partial charge on any atom is 0.249 e. The Morgan fingerprint density at radius 3 is 2.67 bits per heavy atom. The van der Waals surface area contributed by atoms with Crippen molar-refractivity contribution in [1.82, 2.24) is 20.3 Å². The minimum absolute atomic E-state index is 0.0315. The average Bonchev–Trinajstić information content (AvgIpc) is 3.79. The van der Waals surface area contributed by atoms with Crippen molar-refractivity contribution in [3.05, 3.63) is 71.8 Å². The molecule has 6 rings (SSSR count). The number of amides is 2. The van der Waals surface area contributed by atoms with Crippen molar-refractivity contribution in [1.29, 1.82) is 0 Å². The van der Waals surface area contributed by atoms with Crippen LogP contribution in [0.1, 0.15) is 41.7 Å². The monoisotopic (exact) mass is 585 g/mol. The van der Waals surface area contributed by atoms with Gasteiger partial charge in [0.25, 0.3) is 0 Å².